The zero-order valence-corrected chi connectivity index (χ0v) is 10.7. The van der Waals surface area contributed by atoms with Gasteiger partial charge in [-0.05, 0) is 38.1 Å². The van der Waals surface area contributed by atoms with Crippen molar-refractivity contribution in [3.05, 3.63) is 29.9 Å². The molecule has 1 N–H and O–H groups in total. The van der Waals surface area contributed by atoms with E-state index in [1.807, 2.05) is 0 Å². The normalized spacial score (nSPS) is 17.1. The number of piperidine rings is 1. The molecule has 1 aromatic carbocycles. The summed E-state index contributed by atoms with van der Waals surface area (Å²) in [7, 11) is 0. The first-order chi connectivity index (χ1) is 9.31. The number of ether oxygens (including phenoxy) is 1. The highest BCUT2D eigenvalue weighted by Gasteiger charge is 2.13. The lowest BCUT2D eigenvalue weighted by atomic mass is 10.1. The first-order valence-corrected chi connectivity index (χ1v) is 6.68. The Kier molecular flexibility index (Phi) is 3.75. The summed E-state index contributed by atoms with van der Waals surface area (Å²) >= 11 is 0. The minimum atomic E-state index is -0.293. The number of halogens is 1. The van der Waals surface area contributed by atoms with Crippen molar-refractivity contribution >= 4 is 11.1 Å². The second-order valence-electron chi connectivity index (χ2n) is 4.79. The van der Waals surface area contributed by atoms with Crippen molar-refractivity contribution in [3.8, 4) is 0 Å². The highest BCUT2D eigenvalue weighted by molar-refractivity contribution is 5.72. The molecule has 0 atom stereocenters. The molecule has 0 aliphatic carbocycles. The molecule has 0 radical (unpaired) electrons. The fourth-order valence-corrected chi connectivity index (χ4v) is 2.33. The van der Waals surface area contributed by atoms with Crippen molar-refractivity contribution in [2.75, 3.05) is 19.7 Å². The van der Waals surface area contributed by atoms with E-state index in [0.717, 1.165) is 25.9 Å². The molecular weight excluding hydrogens is 247 g/mol. The molecule has 0 saturated carbocycles. The maximum Gasteiger partial charge on any atom is 0.197 e. The molecule has 1 fully saturated rings. The summed E-state index contributed by atoms with van der Waals surface area (Å²) in [5, 5.41) is 3.30. The largest absolute Gasteiger partial charge is 0.441 e. The maximum absolute atomic E-state index is 13.0. The number of benzene rings is 1. The Hall–Kier alpha value is -1.46. The summed E-state index contributed by atoms with van der Waals surface area (Å²) in [6, 6.07) is 4.37. The van der Waals surface area contributed by atoms with Gasteiger partial charge >= 0.3 is 0 Å². The molecule has 102 valence electrons. The third-order valence-electron chi connectivity index (χ3n) is 3.35. The second kappa shape index (κ2) is 5.67. The van der Waals surface area contributed by atoms with E-state index in [1.165, 1.54) is 12.1 Å². The van der Waals surface area contributed by atoms with Crippen LogP contribution < -0.4 is 5.32 Å². The molecule has 1 aliphatic rings. The summed E-state index contributed by atoms with van der Waals surface area (Å²) < 4.78 is 24.4. The Morgan fingerprint density at radius 3 is 3.05 bits per heavy atom. The molecule has 0 unspecified atom stereocenters. The van der Waals surface area contributed by atoms with Crippen molar-refractivity contribution in [1.29, 1.82) is 0 Å². The molecule has 4 nitrogen and oxygen atoms in total. The van der Waals surface area contributed by atoms with Crippen LogP contribution in [0.4, 0.5) is 4.39 Å². The SMILES string of the molecule is Fc1ccc2oc(CCOC3CCNCC3)nc2c1. The van der Waals surface area contributed by atoms with Gasteiger partial charge in [0.25, 0.3) is 0 Å². The van der Waals surface area contributed by atoms with Crippen LogP contribution in [0, 0.1) is 5.82 Å². The maximum atomic E-state index is 13.0. The van der Waals surface area contributed by atoms with Crippen molar-refractivity contribution < 1.29 is 13.5 Å². The number of hydrogen-bond donors (Lipinski definition) is 1. The molecule has 5 heteroatoms. The van der Waals surface area contributed by atoms with Gasteiger partial charge in [0, 0.05) is 12.5 Å². The van der Waals surface area contributed by atoms with Crippen LogP contribution in [0.3, 0.4) is 0 Å². The topological polar surface area (TPSA) is 47.3 Å². The van der Waals surface area contributed by atoms with Crippen LogP contribution >= 0.6 is 0 Å². The summed E-state index contributed by atoms with van der Waals surface area (Å²) in [6.07, 6.45) is 3.07. The zero-order chi connectivity index (χ0) is 13.1. The Labute approximate surface area is 111 Å². The summed E-state index contributed by atoms with van der Waals surface area (Å²) in [5.41, 5.74) is 1.19. The standard InChI is InChI=1S/C14H17FN2O2/c15-10-1-2-13-12(9-10)17-14(19-13)5-8-18-11-3-6-16-7-4-11/h1-2,9,11,16H,3-8H2. The first kappa shape index (κ1) is 12.6. The van der Waals surface area contributed by atoms with Gasteiger partial charge in [-0.2, -0.15) is 0 Å². The monoisotopic (exact) mass is 264 g/mol. The number of hydrogen-bond acceptors (Lipinski definition) is 4. The van der Waals surface area contributed by atoms with E-state index >= 15 is 0 Å². The van der Waals surface area contributed by atoms with E-state index in [9.17, 15) is 4.39 Å². The van der Waals surface area contributed by atoms with Crippen LogP contribution in [0.5, 0.6) is 0 Å². The zero-order valence-electron chi connectivity index (χ0n) is 10.7. The van der Waals surface area contributed by atoms with Gasteiger partial charge in [-0.15, -0.1) is 0 Å². The summed E-state index contributed by atoms with van der Waals surface area (Å²) in [6.45, 7) is 2.64. The Morgan fingerprint density at radius 1 is 1.37 bits per heavy atom. The van der Waals surface area contributed by atoms with E-state index in [1.54, 1.807) is 6.07 Å². The molecule has 0 bridgehead atoms. The molecule has 3 rings (SSSR count). The highest BCUT2D eigenvalue weighted by Crippen LogP contribution is 2.17. The number of nitrogens with zero attached hydrogens (tertiary/aromatic N) is 1. The second-order valence-corrected chi connectivity index (χ2v) is 4.79. The molecule has 1 saturated heterocycles. The van der Waals surface area contributed by atoms with Gasteiger partial charge < -0.3 is 14.5 Å². The Bertz CT molecular complexity index is 549. The number of nitrogens with one attached hydrogen (secondary N) is 1. The van der Waals surface area contributed by atoms with Crippen LogP contribution in [-0.4, -0.2) is 30.8 Å². The van der Waals surface area contributed by atoms with Gasteiger partial charge in [0.1, 0.15) is 11.3 Å². The van der Waals surface area contributed by atoms with Crippen molar-refractivity contribution in [1.82, 2.24) is 10.3 Å². The quantitative estimate of drug-likeness (QED) is 0.920. The lowest BCUT2D eigenvalue weighted by Crippen LogP contribution is -2.32. The van der Waals surface area contributed by atoms with Gasteiger partial charge in [-0.1, -0.05) is 0 Å². The average Bonchev–Trinajstić information content (AvgIpc) is 2.82. The van der Waals surface area contributed by atoms with E-state index < -0.39 is 0 Å². The van der Waals surface area contributed by atoms with E-state index in [2.05, 4.69) is 10.3 Å². The van der Waals surface area contributed by atoms with Gasteiger partial charge in [0.05, 0.1) is 12.7 Å². The third kappa shape index (κ3) is 3.11. The van der Waals surface area contributed by atoms with Crippen molar-refractivity contribution in [2.45, 2.75) is 25.4 Å². The molecule has 2 aromatic rings. The van der Waals surface area contributed by atoms with Crippen molar-refractivity contribution in [3.63, 3.8) is 0 Å². The van der Waals surface area contributed by atoms with Gasteiger partial charge in [0.15, 0.2) is 11.5 Å². The molecule has 0 amide bonds. The van der Waals surface area contributed by atoms with Gasteiger partial charge in [0.2, 0.25) is 0 Å². The van der Waals surface area contributed by atoms with E-state index in [4.69, 9.17) is 9.15 Å². The lowest BCUT2D eigenvalue weighted by Gasteiger charge is -2.22. The highest BCUT2D eigenvalue weighted by atomic mass is 19.1. The summed E-state index contributed by atoms with van der Waals surface area (Å²) in [4.78, 5) is 4.26. The predicted octanol–water partition coefficient (Wildman–Crippen LogP) is 2.28. The van der Waals surface area contributed by atoms with Gasteiger partial charge in [-0.3, -0.25) is 0 Å². The van der Waals surface area contributed by atoms with Crippen LogP contribution in [0.25, 0.3) is 11.1 Å². The van der Waals surface area contributed by atoms with Crippen LogP contribution in [0.1, 0.15) is 18.7 Å². The van der Waals surface area contributed by atoms with Crippen LogP contribution in [0.2, 0.25) is 0 Å². The molecule has 0 spiro atoms. The molecular formula is C14H17FN2O2. The fourth-order valence-electron chi connectivity index (χ4n) is 2.33. The Balaban J connectivity index is 1.56. The van der Waals surface area contributed by atoms with Gasteiger partial charge in [-0.25, -0.2) is 9.37 Å². The minimum Gasteiger partial charge on any atom is -0.441 e. The third-order valence-corrected chi connectivity index (χ3v) is 3.35. The smallest absolute Gasteiger partial charge is 0.197 e. The number of fused-ring (bicyclic) bond motifs is 1. The van der Waals surface area contributed by atoms with Crippen LogP contribution in [-0.2, 0) is 11.2 Å². The van der Waals surface area contributed by atoms with Crippen molar-refractivity contribution in [2.24, 2.45) is 0 Å². The van der Waals surface area contributed by atoms with Crippen LogP contribution in [0.15, 0.2) is 22.6 Å². The lowest BCUT2D eigenvalue weighted by molar-refractivity contribution is 0.0328. The molecule has 19 heavy (non-hydrogen) atoms. The van der Waals surface area contributed by atoms with E-state index in [-0.39, 0.29) is 5.82 Å². The number of rotatable bonds is 4. The average molecular weight is 264 g/mol. The van der Waals surface area contributed by atoms with E-state index in [0.29, 0.717) is 36.1 Å². The molecule has 1 aromatic heterocycles. The minimum absolute atomic E-state index is 0.293. The summed E-state index contributed by atoms with van der Waals surface area (Å²) in [5.74, 6) is 0.313. The Morgan fingerprint density at radius 2 is 2.21 bits per heavy atom. The predicted molar refractivity (Wildman–Crippen MR) is 69.5 cm³/mol. The first-order valence-electron chi connectivity index (χ1n) is 6.68. The number of oxazole rings is 1. The number of aromatic nitrogens is 1. The fraction of sp³-hybridized carbons (Fsp3) is 0.500. The molecule has 2 heterocycles. The molecule has 1 aliphatic heterocycles.